The van der Waals surface area contributed by atoms with Gasteiger partial charge in [-0.3, -0.25) is 19.7 Å². The maximum absolute atomic E-state index is 11.7. The molecule has 120 valence electrons. The zero-order chi connectivity index (χ0) is 16.8. The number of carbonyl (C=O) groups is 3. The highest BCUT2D eigenvalue weighted by atomic mass is 35.5. The summed E-state index contributed by atoms with van der Waals surface area (Å²) in [5.41, 5.74) is 0.538. The van der Waals surface area contributed by atoms with Gasteiger partial charge in [-0.05, 0) is 29.1 Å². The van der Waals surface area contributed by atoms with E-state index in [-0.39, 0.29) is 6.42 Å². The third-order valence-corrected chi connectivity index (χ3v) is 4.17. The van der Waals surface area contributed by atoms with Gasteiger partial charge in [-0.1, -0.05) is 35.3 Å². The Morgan fingerprint density at radius 3 is 2.61 bits per heavy atom. The molecule has 0 aliphatic heterocycles. The molecule has 0 radical (unpaired) electrons. The lowest BCUT2D eigenvalue weighted by Gasteiger charge is -2.06. The Morgan fingerprint density at radius 2 is 1.96 bits per heavy atom. The first kappa shape index (κ1) is 17.5. The summed E-state index contributed by atoms with van der Waals surface area (Å²) in [6, 6.07) is 7.99. The number of benzene rings is 1. The third kappa shape index (κ3) is 5.35. The standard InChI is InChI=1S/C15H11Cl2NO4S/c16-10-4-3-9(11(17)7-10)6-14(20)22-8-13(19)18-15(21)12-2-1-5-23-12/h1-5,7H,6,8H2,(H,18,19,21). The number of thiophene rings is 1. The quantitative estimate of drug-likeness (QED) is 0.819. The second-order valence-corrected chi connectivity index (χ2v) is 6.22. The number of carbonyl (C=O) groups excluding carboxylic acids is 3. The maximum atomic E-state index is 11.7. The van der Waals surface area contributed by atoms with Crippen molar-refractivity contribution in [3.05, 3.63) is 56.2 Å². The van der Waals surface area contributed by atoms with Gasteiger partial charge in [-0.2, -0.15) is 0 Å². The highest BCUT2D eigenvalue weighted by Crippen LogP contribution is 2.21. The van der Waals surface area contributed by atoms with Crippen LogP contribution in [0, 0.1) is 0 Å². The Balaban J connectivity index is 1.79. The van der Waals surface area contributed by atoms with Crippen LogP contribution in [0.2, 0.25) is 10.0 Å². The molecule has 0 saturated carbocycles. The zero-order valence-corrected chi connectivity index (χ0v) is 14.0. The molecule has 1 aromatic heterocycles. The number of hydrogen-bond donors (Lipinski definition) is 1. The van der Waals surface area contributed by atoms with Crippen LogP contribution < -0.4 is 5.32 Å². The highest BCUT2D eigenvalue weighted by Gasteiger charge is 2.14. The number of rotatable bonds is 5. The van der Waals surface area contributed by atoms with Crippen molar-refractivity contribution in [2.45, 2.75) is 6.42 Å². The minimum absolute atomic E-state index is 0.0951. The molecule has 0 atom stereocenters. The van der Waals surface area contributed by atoms with Crippen molar-refractivity contribution in [3.63, 3.8) is 0 Å². The number of halogens is 2. The summed E-state index contributed by atoms with van der Waals surface area (Å²) in [7, 11) is 0. The van der Waals surface area contributed by atoms with Gasteiger partial charge in [0.1, 0.15) is 0 Å². The minimum atomic E-state index is -0.695. The van der Waals surface area contributed by atoms with E-state index >= 15 is 0 Å². The largest absolute Gasteiger partial charge is 0.455 e. The second kappa shape index (κ2) is 8.10. The van der Waals surface area contributed by atoms with Crippen molar-refractivity contribution in [1.29, 1.82) is 0 Å². The molecule has 2 rings (SSSR count). The van der Waals surface area contributed by atoms with Gasteiger partial charge in [0.05, 0.1) is 11.3 Å². The molecule has 0 spiro atoms. The summed E-state index contributed by atoms with van der Waals surface area (Å²) < 4.78 is 4.82. The summed E-state index contributed by atoms with van der Waals surface area (Å²) in [5, 5.41) is 4.65. The summed E-state index contributed by atoms with van der Waals surface area (Å²) in [5.74, 6) is -1.85. The Labute approximate surface area is 146 Å². The van der Waals surface area contributed by atoms with Crippen LogP contribution in [0.25, 0.3) is 0 Å². The fourth-order valence-electron chi connectivity index (χ4n) is 1.65. The first-order valence-electron chi connectivity index (χ1n) is 6.43. The van der Waals surface area contributed by atoms with Crippen LogP contribution in [0.1, 0.15) is 15.2 Å². The van der Waals surface area contributed by atoms with Gasteiger partial charge in [0.15, 0.2) is 6.61 Å². The van der Waals surface area contributed by atoms with Gasteiger partial charge < -0.3 is 4.74 Å². The van der Waals surface area contributed by atoms with Crippen molar-refractivity contribution < 1.29 is 19.1 Å². The Bertz CT molecular complexity index is 731. The van der Waals surface area contributed by atoms with Crippen LogP contribution in [0.4, 0.5) is 0 Å². The van der Waals surface area contributed by atoms with E-state index < -0.39 is 24.4 Å². The predicted molar refractivity (Wildman–Crippen MR) is 87.9 cm³/mol. The van der Waals surface area contributed by atoms with E-state index in [1.165, 1.54) is 17.4 Å². The lowest BCUT2D eigenvalue weighted by molar-refractivity contribution is -0.147. The van der Waals surface area contributed by atoms with Gasteiger partial charge in [0, 0.05) is 10.0 Å². The second-order valence-electron chi connectivity index (χ2n) is 4.43. The maximum Gasteiger partial charge on any atom is 0.310 e. The van der Waals surface area contributed by atoms with Crippen LogP contribution in [0.5, 0.6) is 0 Å². The summed E-state index contributed by atoms with van der Waals surface area (Å²) in [6.45, 7) is -0.541. The number of imide groups is 1. The normalized spacial score (nSPS) is 10.2. The van der Waals surface area contributed by atoms with E-state index in [0.717, 1.165) is 0 Å². The van der Waals surface area contributed by atoms with Crippen LogP contribution >= 0.6 is 34.5 Å². The molecule has 1 heterocycles. The van der Waals surface area contributed by atoms with E-state index in [1.807, 2.05) is 0 Å². The molecule has 0 aliphatic carbocycles. The zero-order valence-electron chi connectivity index (χ0n) is 11.7. The molecule has 2 amide bonds. The lowest BCUT2D eigenvalue weighted by Crippen LogP contribution is -2.33. The fourth-order valence-corrected chi connectivity index (χ4v) is 2.74. The molecule has 0 aliphatic rings. The van der Waals surface area contributed by atoms with E-state index in [1.54, 1.807) is 29.6 Å². The van der Waals surface area contributed by atoms with Gasteiger partial charge >= 0.3 is 5.97 Å². The molecule has 0 bridgehead atoms. The van der Waals surface area contributed by atoms with E-state index in [4.69, 9.17) is 27.9 Å². The monoisotopic (exact) mass is 371 g/mol. The first-order chi connectivity index (χ1) is 11.0. The molecule has 8 heteroatoms. The Kier molecular flexibility index (Phi) is 6.15. The molecule has 0 unspecified atom stereocenters. The average molecular weight is 372 g/mol. The molecular weight excluding hydrogens is 361 g/mol. The Morgan fingerprint density at radius 1 is 1.17 bits per heavy atom. The number of hydrogen-bond acceptors (Lipinski definition) is 5. The predicted octanol–water partition coefficient (Wildman–Crippen LogP) is 3.10. The van der Waals surface area contributed by atoms with Crippen LogP contribution in [-0.2, 0) is 20.7 Å². The Hall–Kier alpha value is -1.89. The number of amides is 2. The topological polar surface area (TPSA) is 72.5 Å². The number of nitrogens with one attached hydrogen (secondary N) is 1. The molecule has 2 aromatic rings. The molecule has 1 aromatic carbocycles. The van der Waals surface area contributed by atoms with Crippen LogP contribution in [0.3, 0.4) is 0 Å². The third-order valence-electron chi connectivity index (χ3n) is 2.71. The molecule has 0 fully saturated rings. The average Bonchev–Trinajstić information content (AvgIpc) is 3.02. The highest BCUT2D eigenvalue weighted by molar-refractivity contribution is 7.12. The van der Waals surface area contributed by atoms with Crippen molar-refractivity contribution in [2.75, 3.05) is 6.61 Å². The van der Waals surface area contributed by atoms with Gasteiger partial charge in [0.2, 0.25) is 0 Å². The molecule has 23 heavy (non-hydrogen) atoms. The van der Waals surface area contributed by atoms with Gasteiger partial charge in [-0.15, -0.1) is 11.3 Å². The summed E-state index contributed by atoms with van der Waals surface area (Å²) in [4.78, 5) is 35.3. The molecular formula is C15H11Cl2NO4S. The van der Waals surface area contributed by atoms with E-state index in [9.17, 15) is 14.4 Å². The van der Waals surface area contributed by atoms with Gasteiger partial charge in [0.25, 0.3) is 11.8 Å². The van der Waals surface area contributed by atoms with Crippen LogP contribution in [0.15, 0.2) is 35.7 Å². The van der Waals surface area contributed by atoms with Gasteiger partial charge in [-0.25, -0.2) is 0 Å². The smallest absolute Gasteiger partial charge is 0.310 e. The first-order valence-corrected chi connectivity index (χ1v) is 8.06. The molecule has 0 saturated heterocycles. The van der Waals surface area contributed by atoms with Crippen molar-refractivity contribution in [3.8, 4) is 0 Å². The molecule has 1 N–H and O–H groups in total. The fraction of sp³-hybridized carbons (Fsp3) is 0.133. The minimum Gasteiger partial charge on any atom is -0.455 e. The summed E-state index contributed by atoms with van der Waals surface area (Å²) >= 11 is 12.9. The number of esters is 1. The van der Waals surface area contributed by atoms with E-state index in [2.05, 4.69) is 5.32 Å². The summed E-state index contributed by atoms with van der Waals surface area (Å²) in [6.07, 6.45) is -0.0951. The molecule has 5 nitrogen and oxygen atoms in total. The number of ether oxygens (including phenoxy) is 1. The SMILES string of the molecule is O=C(COC(=O)Cc1ccc(Cl)cc1Cl)NC(=O)c1cccs1. The van der Waals surface area contributed by atoms with Crippen molar-refractivity contribution in [1.82, 2.24) is 5.32 Å². The van der Waals surface area contributed by atoms with E-state index in [0.29, 0.717) is 20.5 Å². The van der Waals surface area contributed by atoms with Crippen molar-refractivity contribution >= 4 is 52.3 Å². The van der Waals surface area contributed by atoms with Crippen LogP contribution in [-0.4, -0.2) is 24.4 Å². The lowest BCUT2D eigenvalue weighted by atomic mass is 10.1. The van der Waals surface area contributed by atoms with Crippen molar-refractivity contribution in [2.24, 2.45) is 0 Å².